The molecule has 4 rings (SSSR count). The van der Waals surface area contributed by atoms with Gasteiger partial charge in [-0.2, -0.15) is 0 Å². The molecule has 0 aliphatic carbocycles. The van der Waals surface area contributed by atoms with E-state index in [4.69, 9.17) is 14.6 Å². The van der Waals surface area contributed by atoms with Gasteiger partial charge in [0.25, 0.3) is 0 Å². The first kappa shape index (κ1) is 27.6. The number of aliphatic carboxylic acids is 1. The summed E-state index contributed by atoms with van der Waals surface area (Å²) in [5, 5.41) is 10.5. The third-order valence-corrected chi connectivity index (χ3v) is 6.34. The number of aromatic nitrogens is 1. The van der Waals surface area contributed by atoms with Crippen molar-refractivity contribution in [3.63, 3.8) is 0 Å². The van der Waals surface area contributed by atoms with Gasteiger partial charge in [0.1, 0.15) is 17.3 Å². The minimum atomic E-state index is -1.04. The average molecular weight is 527 g/mol. The number of fused-ring (bicyclic) bond motifs is 1. The first-order valence-corrected chi connectivity index (χ1v) is 12.8. The number of nitrogens with zero attached hydrogens (tertiary/aromatic N) is 2. The van der Waals surface area contributed by atoms with Gasteiger partial charge < -0.3 is 14.6 Å². The molecule has 0 aliphatic rings. The van der Waals surface area contributed by atoms with E-state index < -0.39 is 12.6 Å². The van der Waals surface area contributed by atoms with Crippen LogP contribution in [0.5, 0.6) is 11.5 Å². The molecule has 1 amide bonds. The number of methoxy groups -OCH3 is 1. The van der Waals surface area contributed by atoms with Gasteiger partial charge >= 0.3 is 5.97 Å². The zero-order valence-electron chi connectivity index (χ0n) is 23.0. The van der Waals surface area contributed by atoms with Crippen LogP contribution in [0.2, 0.25) is 0 Å². The van der Waals surface area contributed by atoms with Crippen molar-refractivity contribution in [2.24, 2.45) is 5.41 Å². The molecule has 39 heavy (non-hydrogen) atoms. The molecule has 0 radical (unpaired) electrons. The number of hydrogen-bond donors (Lipinski definition) is 1. The van der Waals surface area contributed by atoms with E-state index in [0.717, 1.165) is 38.8 Å². The second-order valence-corrected chi connectivity index (χ2v) is 10.8. The Bertz CT molecular complexity index is 1490. The Morgan fingerprint density at radius 2 is 1.67 bits per heavy atom. The Balaban J connectivity index is 1.66. The van der Waals surface area contributed by atoms with Crippen LogP contribution < -0.4 is 14.4 Å². The highest BCUT2D eigenvalue weighted by Gasteiger charge is 2.25. The van der Waals surface area contributed by atoms with Crippen molar-refractivity contribution in [3.8, 4) is 22.6 Å². The maximum atomic E-state index is 13.6. The number of anilines is 1. The summed E-state index contributed by atoms with van der Waals surface area (Å²) in [4.78, 5) is 30.9. The number of ether oxygens (including phenoxy) is 2. The van der Waals surface area contributed by atoms with Crippen molar-refractivity contribution < 1.29 is 24.2 Å². The van der Waals surface area contributed by atoms with Gasteiger partial charge in [-0.3, -0.25) is 9.69 Å². The molecule has 1 aromatic heterocycles. The molecule has 1 N–H and O–H groups in total. The molecule has 0 saturated heterocycles. The molecule has 3 aromatic carbocycles. The van der Waals surface area contributed by atoms with E-state index in [1.807, 2.05) is 64.1 Å². The summed E-state index contributed by atoms with van der Waals surface area (Å²) in [5.41, 5.74) is 4.02. The van der Waals surface area contributed by atoms with E-state index >= 15 is 0 Å². The van der Waals surface area contributed by atoms with E-state index in [9.17, 15) is 9.59 Å². The molecule has 7 nitrogen and oxygen atoms in total. The molecule has 0 spiro atoms. The lowest BCUT2D eigenvalue weighted by Crippen LogP contribution is -2.34. The Morgan fingerprint density at radius 3 is 2.31 bits per heavy atom. The topological polar surface area (TPSA) is 89.0 Å². The van der Waals surface area contributed by atoms with Gasteiger partial charge in [0.2, 0.25) is 5.91 Å². The standard InChI is InChI=1S/C32H34N2O5/c1-21-16-24(10-13-28(21)38-5)23-8-6-22(7-9-23)19-34(29(35)18-32(2,3)4)31-27-12-11-26(39-20-30(36)37)17-25(27)14-15-33-31/h6-17H,18-20H2,1-5H3,(H,36,37). The molecule has 4 aromatic rings. The van der Waals surface area contributed by atoms with Gasteiger partial charge in [-0.05, 0) is 76.4 Å². The number of rotatable bonds is 9. The predicted molar refractivity (Wildman–Crippen MR) is 153 cm³/mol. The van der Waals surface area contributed by atoms with Crippen molar-refractivity contribution >= 4 is 28.5 Å². The number of hydrogen-bond acceptors (Lipinski definition) is 5. The smallest absolute Gasteiger partial charge is 0.341 e. The number of carbonyl (C=O) groups excluding carboxylic acids is 1. The quantitative estimate of drug-likeness (QED) is 0.263. The lowest BCUT2D eigenvalue weighted by molar-refractivity contribution is -0.139. The van der Waals surface area contributed by atoms with E-state index in [-0.39, 0.29) is 11.3 Å². The molecule has 0 atom stereocenters. The highest BCUT2D eigenvalue weighted by atomic mass is 16.5. The van der Waals surface area contributed by atoms with Gasteiger partial charge in [-0.25, -0.2) is 9.78 Å². The molecular formula is C32H34N2O5. The summed E-state index contributed by atoms with van der Waals surface area (Å²) in [7, 11) is 1.67. The lowest BCUT2D eigenvalue weighted by Gasteiger charge is -2.27. The van der Waals surface area contributed by atoms with E-state index in [2.05, 4.69) is 23.2 Å². The van der Waals surface area contributed by atoms with E-state index in [0.29, 0.717) is 24.5 Å². The molecule has 0 bridgehead atoms. The monoisotopic (exact) mass is 526 g/mol. The van der Waals surface area contributed by atoms with Crippen LogP contribution >= 0.6 is 0 Å². The van der Waals surface area contributed by atoms with E-state index in [1.54, 1.807) is 30.3 Å². The van der Waals surface area contributed by atoms with Crippen LogP contribution in [-0.4, -0.2) is 35.7 Å². The first-order valence-electron chi connectivity index (χ1n) is 12.8. The summed E-state index contributed by atoms with van der Waals surface area (Å²) < 4.78 is 10.7. The maximum absolute atomic E-state index is 13.6. The van der Waals surface area contributed by atoms with Crippen molar-refractivity contribution in [3.05, 3.63) is 84.1 Å². The van der Waals surface area contributed by atoms with E-state index in [1.165, 1.54) is 0 Å². The summed E-state index contributed by atoms with van der Waals surface area (Å²) in [5.74, 6) is 0.785. The highest BCUT2D eigenvalue weighted by molar-refractivity contribution is 6.02. The molecule has 0 unspecified atom stereocenters. The lowest BCUT2D eigenvalue weighted by atomic mass is 9.91. The van der Waals surface area contributed by atoms with Gasteiger partial charge in [0, 0.05) is 18.0 Å². The number of carboxylic acid groups (broad SMARTS) is 1. The first-order chi connectivity index (χ1) is 18.5. The van der Waals surface area contributed by atoms with Crippen LogP contribution in [0.4, 0.5) is 5.82 Å². The number of carboxylic acids is 1. The minimum absolute atomic E-state index is 0.0245. The second-order valence-electron chi connectivity index (χ2n) is 10.8. The largest absolute Gasteiger partial charge is 0.496 e. The number of aryl methyl sites for hydroxylation is 1. The van der Waals surface area contributed by atoms with Crippen LogP contribution in [-0.2, 0) is 16.1 Å². The molecular weight excluding hydrogens is 492 g/mol. The Labute approximate surface area is 229 Å². The fourth-order valence-electron chi connectivity index (χ4n) is 4.46. The maximum Gasteiger partial charge on any atom is 0.341 e. The molecule has 0 saturated carbocycles. The molecule has 7 heteroatoms. The summed E-state index contributed by atoms with van der Waals surface area (Å²) in [6, 6.07) is 21.4. The minimum Gasteiger partial charge on any atom is -0.496 e. The third kappa shape index (κ3) is 6.93. The molecule has 0 fully saturated rings. The van der Waals surface area contributed by atoms with Crippen LogP contribution in [0.1, 0.15) is 38.3 Å². The van der Waals surface area contributed by atoms with Gasteiger partial charge in [-0.15, -0.1) is 0 Å². The Morgan fingerprint density at radius 1 is 0.949 bits per heavy atom. The van der Waals surface area contributed by atoms with Crippen LogP contribution in [0.25, 0.3) is 21.9 Å². The number of carbonyl (C=O) groups is 2. The van der Waals surface area contributed by atoms with Crippen molar-refractivity contribution in [2.45, 2.75) is 40.7 Å². The molecule has 1 heterocycles. The van der Waals surface area contributed by atoms with Crippen LogP contribution in [0, 0.1) is 12.3 Å². The average Bonchev–Trinajstić information content (AvgIpc) is 2.89. The normalized spacial score (nSPS) is 11.3. The predicted octanol–water partition coefficient (Wildman–Crippen LogP) is 6.65. The second kappa shape index (κ2) is 11.6. The highest BCUT2D eigenvalue weighted by Crippen LogP contribution is 2.32. The Hall–Kier alpha value is -4.39. The van der Waals surface area contributed by atoms with Crippen LogP contribution in [0.3, 0.4) is 0 Å². The Kier molecular flexibility index (Phi) is 8.19. The number of pyridine rings is 1. The zero-order chi connectivity index (χ0) is 28.2. The fraction of sp³-hybridized carbons (Fsp3) is 0.281. The SMILES string of the molecule is COc1ccc(-c2ccc(CN(C(=O)CC(C)(C)C)c3nccc4cc(OCC(=O)O)ccc34)cc2)cc1C. The molecule has 0 aliphatic heterocycles. The van der Waals surface area contributed by atoms with Gasteiger partial charge in [0.15, 0.2) is 6.61 Å². The van der Waals surface area contributed by atoms with Crippen LogP contribution in [0.15, 0.2) is 72.9 Å². The third-order valence-electron chi connectivity index (χ3n) is 6.34. The van der Waals surface area contributed by atoms with Crippen molar-refractivity contribution in [1.82, 2.24) is 4.98 Å². The molecule has 202 valence electrons. The van der Waals surface area contributed by atoms with Gasteiger partial charge in [-0.1, -0.05) is 51.1 Å². The van der Waals surface area contributed by atoms with Crippen molar-refractivity contribution in [2.75, 3.05) is 18.6 Å². The van der Waals surface area contributed by atoms with Gasteiger partial charge in [0.05, 0.1) is 13.7 Å². The fourth-order valence-corrected chi connectivity index (χ4v) is 4.46. The summed E-state index contributed by atoms with van der Waals surface area (Å²) >= 11 is 0. The number of amides is 1. The van der Waals surface area contributed by atoms with Crippen molar-refractivity contribution in [1.29, 1.82) is 0 Å². The zero-order valence-corrected chi connectivity index (χ0v) is 23.0. The number of benzene rings is 3. The summed E-state index contributed by atoms with van der Waals surface area (Å²) in [6.07, 6.45) is 2.01. The summed E-state index contributed by atoms with van der Waals surface area (Å²) in [6.45, 7) is 8.08.